The second-order valence-corrected chi connectivity index (χ2v) is 9.44. The van der Waals surface area contributed by atoms with E-state index in [1.165, 1.54) is 57.7 Å². The number of carbonyl (C=O) groups is 1. The molecule has 1 aromatic heterocycles. The number of aromatic nitrogens is 2. The van der Waals surface area contributed by atoms with Gasteiger partial charge in [0.05, 0.1) is 34.3 Å². The van der Waals surface area contributed by atoms with Crippen molar-refractivity contribution in [3.05, 3.63) is 70.5 Å². The minimum absolute atomic E-state index is 0.0931. The fraction of sp³-hybridized carbons (Fsp3) is 0.318. The van der Waals surface area contributed by atoms with Gasteiger partial charge in [-0.2, -0.15) is 4.31 Å². The van der Waals surface area contributed by atoms with E-state index in [2.05, 4.69) is 4.98 Å². The van der Waals surface area contributed by atoms with Gasteiger partial charge in [0, 0.05) is 25.2 Å². The molecule has 1 fully saturated rings. The molecule has 168 valence electrons. The molecule has 3 aromatic rings. The van der Waals surface area contributed by atoms with Crippen LogP contribution in [-0.2, 0) is 14.8 Å². The molecule has 0 saturated carbocycles. The van der Waals surface area contributed by atoms with E-state index < -0.39 is 21.8 Å². The number of carbonyl (C=O) groups excluding carboxylic acids is 1. The van der Waals surface area contributed by atoms with E-state index in [4.69, 9.17) is 4.74 Å². The maximum atomic E-state index is 13.4. The zero-order chi connectivity index (χ0) is 22.9. The Balaban J connectivity index is 1.49. The number of hydrogen-bond donors (Lipinski definition) is 0. The average molecular weight is 459 g/mol. The van der Waals surface area contributed by atoms with Gasteiger partial charge in [0.2, 0.25) is 10.0 Å². The summed E-state index contributed by atoms with van der Waals surface area (Å²) in [5, 5.41) is 0.325. The SMILES string of the molecule is CCOC(=O)c1ccc(S(=O)(=O)N2CCC(n3cnc4cc(F)ccc4c3=O)CC2)cc1. The van der Waals surface area contributed by atoms with Crippen molar-refractivity contribution in [2.24, 2.45) is 0 Å². The largest absolute Gasteiger partial charge is 0.462 e. The van der Waals surface area contributed by atoms with Crippen LogP contribution in [0.4, 0.5) is 4.39 Å². The van der Waals surface area contributed by atoms with Crippen molar-refractivity contribution < 1.29 is 22.3 Å². The molecule has 0 bridgehead atoms. The summed E-state index contributed by atoms with van der Waals surface area (Å²) in [4.78, 5) is 28.8. The molecule has 0 N–H and O–H groups in total. The normalized spacial score (nSPS) is 15.7. The molecular formula is C22H22FN3O5S. The second-order valence-electron chi connectivity index (χ2n) is 7.50. The molecule has 1 aliphatic rings. The van der Waals surface area contributed by atoms with E-state index in [1.807, 2.05) is 0 Å². The molecule has 2 aromatic carbocycles. The Labute approximate surface area is 184 Å². The highest BCUT2D eigenvalue weighted by Gasteiger charge is 2.30. The number of benzene rings is 2. The Morgan fingerprint density at radius 2 is 1.84 bits per heavy atom. The first kappa shape index (κ1) is 22.1. The van der Waals surface area contributed by atoms with Gasteiger partial charge in [-0.05, 0) is 56.2 Å². The molecule has 0 aliphatic carbocycles. The summed E-state index contributed by atoms with van der Waals surface area (Å²) < 4.78 is 47.2. The van der Waals surface area contributed by atoms with Gasteiger partial charge < -0.3 is 4.74 Å². The fourth-order valence-electron chi connectivity index (χ4n) is 3.86. The van der Waals surface area contributed by atoms with Crippen LogP contribution in [0.5, 0.6) is 0 Å². The van der Waals surface area contributed by atoms with Crippen LogP contribution in [0, 0.1) is 5.82 Å². The summed E-state index contributed by atoms with van der Waals surface area (Å²) in [6.07, 6.45) is 2.27. The Hall–Kier alpha value is -3.11. The highest BCUT2D eigenvalue weighted by atomic mass is 32.2. The van der Waals surface area contributed by atoms with Gasteiger partial charge in [-0.3, -0.25) is 9.36 Å². The highest BCUT2D eigenvalue weighted by Crippen LogP contribution is 2.26. The van der Waals surface area contributed by atoms with E-state index in [1.54, 1.807) is 6.92 Å². The minimum atomic E-state index is -3.74. The highest BCUT2D eigenvalue weighted by molar-refractivity contribution is 7.89. The van der Waals surface area contributed by atoms with Crippen LogP contribution in [0.25, 0.3) is 10.9 Å². The van der Waals surface area contributed by atoms with E-state index in [-0.39, 0.29) is 47.3 Å². The smallest absolute Gasteiger partial charge is 0.338 e. The van der Waals surface area contributed by atoms with Crippen LogP contribution in [0.3, 0.4) is 0 Å². The lowest BCUT2D eigenvalue weighted by molar-refractivity contribution is 0.0526. The van der Waals surface area contributed by atoms with Crippen molar-refractivity contribution in [2.75, 3.05) is 19.7 Å². The molecule has 4 rings (SSSR count). The molecule has 10 heteroatoms. The molecule has 2 heterocycles. The zero-order valence-corrected chi connectivity index (χ0v) is 18.2. The number of esters is 1. The number of halogens is 1. The summed E-state index contributed by atoms with van der Waals surface area (Å²) in [5.74, 6) is -0.967. The predicted octanol–water partition coefficient (Wildman–Crippen LogP) is 2.74. The number of piperidine rings is 1. The van der Waals surface area contributed by atoms with Gasteiger partial charge in [0.15, 0.2) is 0 Å². The lowest BCUT2D eigenvalue weighted by Gasteiger charge is -2.32. The number of sulfonamides is 1. The molecule has 0 amide bonds. The Bertz CT molecular complexity index is 1310. The van der Waals surface area contributed by atoms with Crippen molar-refractivity contribution in [3.63, 3.8) is 0 Å². The summed E-state index contributed by atoms with van der Waals surface area (Å²) >= 11 is 0. The quantitative estimate of drug-likeness (QED) is 0.544. The number of ether oxygens (including phenoxy) is 1. The third-order valence-corrected chi connectivity index (χ3v) is 7.48. The third kappa shape index (κ3) is 4.15. The van der Waals surface area contributed by atoms with Crippen LogP contribution in [-0.4, -0.2) is 47.9 Å². The maximum absolute atomic E-state index is 13.4. The number of rotatable bonds is 5. The lowest BCUT2D eigenvalue weighted by Crippen LogP contribution is -2.40. The summed E-state index contributed by atoms with van der Waals surface area (Å²) in [7, 11) is -3.74. The first-order chi connectivity index (χ1) is 15.3. The molecule has 1 saturated heterocycles. The number of nitrogens with zero attached hydrogens (tertiary/aromatic N) is 3. The monoisotopic (exact) mass is 459 g/mol. The standard InChI is InChI=1S/C22H22FN3O5S/c1-2-31-22(28)15-3-6-18(7-4-15)32(29,30)25-11-9-17(10-12-25)26-14-24-20-13-16(23)5-8-19(20)21(26)27/h3-8,13-14,17H,2,9-12H2,1H3. The van der Waals surface area contributed by atoms with Gasteiger partial charge in [-0.1, -0.05) is 0 Å². The van der Waals surface area contributed by atoms with Crippen molar-refractivity contribution in [1.82, 2.24) is 13.9 Å². The van der Waals surface area contributed by atoms with Crippen LogP contribution in [0.2, 0.25) is 0 Å². The summed E-state index contributed by atoms with van der Waals surface area (Å²) in [5.41, 5.74) is 0.302. The second kappa shape index (κ2) is 8.79. The topological polar surface area (TPSA) is 98.6 Å². The fourth-order valence-corrected chi connectivity index (χ4v) is 5.33. The summed E-state index contributed by atoms with van der Waals surface area (Å²) in [6.45, 7) is 2.41. The van der Waals surface area contributed by atoms with E-state index in [0.717, 1.165) is 0 Å². The van der Waals surface area contributed by atoms with Gasteiger partial charge in [0.1, 0.15) is 5.82 Å². The molecular weight excluding hydrogens is 437 g/mol. The molecule has 0 atom stereocenters. The van der Waals surface area contributed by atoms with Gasteiger partial charge >= 0.3 is 5.97 Å². The summed E-state index contributed by atoms with van der Waals surface area (Å²) in [6, 6.07) is 9.29. The predicted molar refractivity (Wildman–Crippen MR) is 115 cm³/mol. The Morgan fingerprint density at radius 3 is 2.50 bits per heavy atom. The van der Waals surface area contributed by atoms with Crippen LogP contribution >= 0.6 is 0 Å². The van der Waals surface area contributed by atoms with Crippen LogP contribution < -0.4 is 5.56 Å². The van der Waals surface area contributed by atoms with Crippen LogP contribution in [0.15, 0.2) is 58.5 Å². The maximum Gasteiger partial charge on any atom is 0.338 e. The Kier molecular flexibility index (Phi) is 6.07. The molecule has 0 spiro atoms. The number of fused-ring (bicyclic) bond motifs is 1. The molecule has 0 unspecified atom stereocenters. The van der Waals surface area contributed by atoms with E-state index in [9.17, 15) is 22.4 Å². The molecule has 1 aliphatic heterocycles. The van der Waals surface area contributed by atoms with Gasteiger partial charge in [-0.25, -0.2) is 22.6 Å². The van der Waals surface area contributed by atoms with Crippen molar-refractivity contribution >= 4 is 26.9 Å². The first-order valence-electron chi connectivity index (χ1n) is 10.2. The zero-order valence-electron chi connectivity index (χ0n) is 17.4. The van der Waals surface area contributed by atoms with E-state index in [0.29, 0.717) is 18.2 Å². The van der Waals surface area contributed by atoms with Crippen molar-refractivity contribution in [3.8, 4) is 0 Å². The van der Waals surface area contributed by atoms with Crippen LogP contribution in [0.1, 0.15) is 36.2 Å². The van der Waals surface area contributed by atoms with Crippen molar-refractivity contribution in [1.29, 1.82) is 0 Å². The number of hydrogen-bond acceptors (Lipinski definition) is 6. The Morgan fingerprint density at radius 1 is 1.16 bits per heavy atom. The molecule has 0 radical (unpaired) electrons. The van der Waals surface area contributed by atoms with E-state index >= 15 is 0 Å². The third-order valence-electron chi connectivity index (χ3n) is 5.57. The van der Waals surface area contributed by atoms with Gasteiger partial charge in [0.25, 0.3) is 5.56 Å². The molecule has 8 nitrogen and oxygen atoms in total. The first-order valence-corrected chi connectivity index (χ1v) is 11.7. The van der Waals surface area contributed by atoms with Gasteiger partial charge in [-0.15, -0.1) is 0 Å². The molecule has 32 heavy (non-hydrogen) atoms. The lowest BCUT2D eigenvalue weighted by atomic mass is 10.1. The van der Waals surface area contributed by atoms with Crippen molar-refractivity contribution in [2.45, 2.75) is 30.7 Å². The minimum Gasteiger partial charge on any atom is -0.462 e. The average Bonchev–Trinajstić information content (AvgIpc) is 2.79.